The fraction of sp³-hybridized carbons (Fsp3) is 0. The van der Waals surface area contributed by atoms with Crippen LogP contribution in [0.5, 0.6) is 0 Å². The lowest BCUT2D eigenvalue weighted by Gasteiger charge is -1.95. The number of thiophene rings is 2. The zero-order chi connectivity index (χ0) is 15.7. The molecule has 11 heteroatoms. The van der Waals surface area contributed by atoms with Crippen LogP contribution in [0.15, 0.2) is 28.7 Å². The SMILES string of the molecule is O=C(Nc1nnc(-c2ccc(Cl)s2)o1)c1ccc([N+](=O)[O-])s1. The molecular weight excluding hydrogens is 352 g/mol. The number of nitrogens with one attached hydrogen (secondary N) is 1. The van der Waals surface area contributed by atoms with Crippen LogP contribution >= 0.6 is 34.3 Å². The van der Waals surface area contributed by atoms with E-state index >= 15 is 0 Å². The second-order valence-electron chi connectivity index (χ2n) is 3.87. The Morgan fingerprint density at radius 1 is 1.27 bits per heavy atom. The molecule has 0 fully saturated rings. The Hall–Kier alpha value is -2.30. The summed E-state index contributed by atoms with van der Waals surface area (Å²) in [5.74, 6) is -0.332. The van der Waals surface area contributed by atoms with Crippen molar-refractivity contribution in [3.63, 3.8) is 0 Å². The van der Waals surface area contributed by atoms with Crippen molar-refractivity contribution in [3.05, 3.63) is 43.6 Å². The van der Waals surface area contributed by atoms with Crippen LogP contribution in [0.3, 0.4) is 0 Å². The van der Waals surface area contributed by atoms with E-state index in [0.717, 1.165) is 11.3 Å². The smallest absolute Gasteiger partial charge is 0.324 e. The molecular formula is C11H5ClN4O4S2. The zero-order valence-electron chi connectivity index (χ0n) is 10.5. The van der Waals surface area contributed by atoms with E-state index in [-0.39, 0.29) is 21.8 Å². The van der Waals surface area contributed by atoms with Gasteiger partial charge in [0.15, 0.2) is 0 Å². The zero-order valence-corrected chi connectivity index (χ0v) is 12.9. The van der Waals surface area contributed by atoms with E-state index in [2.05, 4.69) is 15.5 Å². The van der Waals surface area contributed by atoms with Gasteiger partial charge in [0.1, 0.15) is 0 Å². The van der Waals surface area contributed by atoms with Crippen LogP contribution in [0.4, 0.5) is 11.0 Å². The molecule has 0 aliphatic rings. The van der Waals surface area contributed by atoms with Gasteiger partial charge in [0.05, 0.1) is 19.0 Å². The van der Waals surface area contributed by atoms with Crippen molar-refractivity contribution in [2.24, 2.45) is 0 Å². The third kappa shape index (κ3) is 2.98. The van der Waals surface area contributed by atoms with E-state index in [9.17, 15) is 14.9 Å². The number of hydrogen-bond acceptors (Lipinski definition) is 8. The highest BCUT2D eigenvalue weighted by atomic mass is 35.5. The van der Waals surface area contributed by atoms with Crippen LogP contribution in [-0.4, -0.2) is 21.0 Å². The van der Waals surface area contributed by atoms with Crippen LogP contribution in [0.1, 0.15) is 9.67 Å². The molecule has 3 heterocycles. The number of carbonyl (C=O) groups excluding carboxylic acids is 1. The maximum absolute atomic E-state index is 11.9. The first kappa shape index (κ1) is 14.6. The van der Waals surface area contributed by atoms with Crippen molar-refractivity contribution < 1.29 is 14.1 Å². The van der Waals surface area contributed by atoms with E-state index in [1.807, 2.05) is 0 Å². The fourth-order valence-electron chi connectivity index (χ4n) is 1.51. The molecule has 3 rings (SSSR count). The number of hydrogen-bond donors (Lipinski definition) is 1. The Bertz CT molecular complexity index is 856. The molecule has 1 amide bonds. The first-order chi connectivity index (χ1) is 10.5. The second-order valence-corrected chi connectivity index (χ2v) is 6.64. The fourth-order valence-corrected chi connectivity index (χ4v) is 3.19. The summed E-state index contributed by atoms with van der Waals surface area (Å²) in [5.41, 5.74) is 0. The second kappa shape index (κ2) is 5.83. The highest BCUT2D eigenvalue weighted by molar-refractivity contribution is 7.19. The maximum Gasteiger partial charge on any atom is 0.324 e. The summed E-state index contributed by atoms with van der Waals surface area (Å²) in [5, 5.41) is 20.3. The predicted molar refractivity (Wildman–Crippen MR) is 81.5 cm³/mol. The summed E-state index contributed by atoms with van der Waals surface area (Å²) in [7, 11) is 0. The minimum Gasteiger partial charge on any atom is -0.402 e. The van der Waals surface area contributed by atoms with Gasteiger partial charge in [0, 0.05) is 6.07 Å². The summed E-state index contributed by atoms with van der Waals surface area (Å²) in [6.45, 7) is 0. The molecule has 8 nitrogen and oxygen atoms in total. The van der Waals surface area contributed by atoms with Gasteiger partial charge >= 0.3 is 11.0 Å². The van der Waals surface area contributed by atoms with Crippen LogP contribution in [0.2, 0.25) is 4.34 Å². The Kier molecular flexibility index (Phi) is 3.88. The molecule has 0 aliphatic heterocycles. The Balaban J connectivity index is 1.74. The van der Waals surface area contributed by atoms with Crippen LogP contribution in [0.25, 0.3) is 10.8 Å². The number of rotatable bonds is 4. The lowest BCUT2D eigenvalue weighted by atomic mass is 10.4. The summed E-state index contributed by atoms with van der Waals surface area (Å²) in [6.07, 6.45) is 0. The topological polar surface area (TPSA) is 111 Å². The number of nitro groups is 1. The molecule has 112 valence electrons. The number of carbonyl (C=O) groups is 1. The van der Waals surface area contributed by atoms with E-state index in [0.29, 0.717) is 9.21 Å². The van der Waals surface area contributed by atoms with Gasteiger partial charge in [-0.2, -0.15) is 0 Å². The highest BCUT2D eigenvalue weighted by Crippen LogP contribution is 2.31. The molecule has 0 unspecified atom stereocenters. The van der Waals surface area contributed by atoms with Crippen LogP contribution in [0, 0.1) is 10.1 Å². The van der Waals surface area contributed by atoms with Crippen molar-refractivity contribution >= 4 is 51.2 Å². The van der Waals surface area contributed by atoms with Gasteiger partial charge in [-0.1, -0.05) is 28.0 Å². The van der Waals surface area contributed by atoms with Crippen molar-refractivity contribution in [3.8, 4) is 10.8 Å². The van der Waals surface area contributed by atoms with Gasteiger partial charge in [-0.15, -0.1) is 16.4 Å². The summed E-state index contributed by atoms with van der Waals surface area (Å²) >= 11 is 7.83. The highest BCUT2D eigenvalue weighted by Gasteiger charge is 2.18. The van der Waals surface area contributed by atoms with E-state index in [1.165, 1.54) is 23.5 Å². The summed E-state index contributed by atoms with van der Waals surface area (Å²) in [4.78, 5) is 22.8. The molecule has 22 heavy (non-hydrogen) atoms. The molecule has 0 bridgehead atoms. The minimum absolute atomic E-state index is 0.0967. The lowest BCUT2D eigenvalue weighted by molar-refractivity contribution is -0.380. The number of aromatic nitrogens is 2. The third-order valence-electron chi connectivity index (χ3n) is 2.42. The molecule has 0 saturated heterocycles. The molecule has 1 N–H and O–H groups in total. The average molecular weight is 357 g/mol. The van der Waals surface area contributed by atoms with E-state index in [4.69, 9.17) is 16.0 Å². The molecule has 0 aromatic carbocycles. The third-order valence-corrected chi connectivity index (χ3v) is 4.68. The van der Waals surface area contributed by atoms with Crippen molar-refractivity contribution in [1.29, 1.82) is 0 Å². The van der Waals surface area contributed by atoms with Gasteiger partial charge in [0.25, 0.3) is 11.8 Å². The molecule has 3 aromatic heterocycles. The van der Waals surface area contributed by atoms with Gasteiger partial charge in [-0.3, -0.25) is 20.2 Å². The quantitative estimate of drug-likeness (QED) is 0.563. The number of amides is 1. The number of anilines is 1. The minimum atomic E-state index is -0.563. The van der Waals surface area contributed by atoms with Crippen molar-refractivity contribution in [2.45, 2.75) is 0 Å². The standard InChI is InChI=1S/C11H5ClN4O4S2/c12-7-3-1-6(21-7)10-14-15-11(20-10)13-9(17)5-2-4-8(22-5)16(18)19/h1-4H,(H,13,15,17). The van der Waals surface area contributed by atoms with Crippen molar-refractivity contribution in [2.75, 3.05) is 5.32 Å². The number of halogens is 1. The first-order valence-corrected chi connectivity index (χ1v) is 7.69. The van der Waals surface area contributed by atoms with Gasteiger partial charge in [-0.25, -0.2) is 0 Å². The van der Waals surface area contributed by atoms with Crippen LogP contribution < -0.4 is 5.32 Å². The van der Waals surface area contributed by atoms with Crippen molar-refractivity contribution in [1.82, 2.24) is 10.2 Å². The summed E-state index contributed by atoms with van der Waals surface area (Å²) < 4.78 is 5.87. The van der Waals surface area contributed by atoms with Gasteiger partial charge < -0.3 is 4.42 Å². The lowest BCUT2D eigenvalue weighted by Crippen LogP contribution is -2.10. The predicted octanol–water partition coefficient (Wildman–Crippen LogP) is 3.67. The van der Waals surface area contributed by atoms with Gasteiger partial charge in [0.2, 0.25) is 0 Å². The van der Waals surface area contributed by atoms with Gasteiger partial charge in [-0.05, 0) is 18.2 Å². The number of nitrogens with zero attached hydrogens (tertiary/aromatic N) is 3. The Morgan fingerprint density at radius 2 is 2.09 bits per heavy atom. The summed E-state index contributed by atoms with van der Waals surface area (Å²) in [6, 6.07) is 5.92. The molecule has 0 atom stereocenters. The maximum atomic E-state index is 11.9. The molecule has 0 spiro atoms. The van der Waals surface area contributed by atoms with Crippen LogP contribution in [-0.2, 0) is 0 Å². The van der Waals surface area contributed by atoms with E-state index in [1.54, 1.807) is 12.1 Å². The Morgan fingerprint density at radius 3 is 2.73 bits per heavy atom. The first-order valence-electron chi connectivity index (χ1n) is 5.68. The normalized spacial score (nSPS) is 10.6. The Labute approximate surface area is 135 Å². The molecule has 0 aliphatic carbocycles. The molecule has 0 saturated carbocycles. The molecule has 3 aromatic rings. The monoisotopic (exact) mass is 356 g/mol. The average Bonchev–Trinajstić information content (AvgIpc) is 3.17. The van der Waals surface area contributed by atoms with E-state index < -0.39 is 10.8 Å². The molecule has 0 radical (unpaired) electrons. The largest absolute Gasteiger partial charge is 0.402 e.